The van der Waals surface area contributed by atoms with Gasteiger partial charge in [0.25, 0.3) is 15.7 Å². The normalized spacial score (nSPS) is 23.7. The summed E-state index contributed by atoms with van der Waals surface area (Å²) in [6.45, 7) is 1.48. The minimum Gasteiger partial charge on any atom is -0.293 e. The highest BCUT2D eigenvalue weighted by Gasteiger charge is 2.34. The molecule has 0 radical (unpaired) electrons. The Bertz CT molecular complexity index is 848. The molecule has 1 aromatic carbocycles. The number of rotatable bonds is 3. The molecular formula is C13H10Cl2N2O5S. The first-order chi connectivity index (χ1) is 10.6. The molecule has 1 aromatic rings. The number of hydrogen-bond donors (Lipinski definition) is 0. The maximum Gasteiger partial charge on any atom is 0.282 e. The molecule has 0 aromatic heterocycles. The van der Waals surface area contributed by atoms with Crippen molar-refractivity contribution in [2.45, 2.75) is 22.6 Å². The number of nitrogens with zero attached hydrogens (tertiary/aromatic N) is 2. The number of carbonyl (C=O) groups is 1. The number of benzene rings is 1. The largest absolute Gasteiger partial charge is 0.293 e. The Labute approximate surface area is 141 Å². The van der Waals surface area contributed by atoms with E-state index in [0.29, 0.717) is 0 Å². The number of carbonyl (C=O) groups excluding carboxylic acids is 1. The molecule has 0 amide bonds. The highest BCUT2D eigenvalue weighted by atomic mass is 35.5. The van der Waals surface area contributed by atoms with Gasteiger partial charge in [-0.3, -0.25) is 14.9 Å². The molecule has 7 nitrogen and oxygen atoms in total. The zero-order valence-electron chi connectivity index (χ0n) is 11.6. The predicted octanol–water partition coefficient (Wildman–Crippen LogP) is 2.47. The number of nitro groups is 1. The van der Waals surface area contributed by atoms with Gasteiger partial charge >= 0.3 is 0 Å². The first kappa shape index (κ1) is 17.6. The summed E-state index contributed by atoms with van der Waals surface area (Å²) in [5.74, 6) is -0.434. The van der Waals surface area contributed by atoms with Crippen LogP contribution in [0.1, 0.15) is 6.92 Å². The van der Waals surface area contributed by atoms with Crippen LogP contribution in [-0.4, -0.2) is 35.6 Å². The lowest BCUT2D eigenvalue weighted by atomic mass is 9.97. The number of hydrogen-bond acceptors (Lipinski definition) is 5. The van der Waals surface area contributed by atoms with E-state index in [-0.39, 0.29) is 21.9 Å². The monoisotopic (exact) mass is 376 g/mol. The van der Waals surface area contributed by atoms with E-state index in [1.165, 1.54) is 25.1 Å². The van der Waals surface area contributed by atoms with E-state index >= 15 is 0 Å². The van der Waals surface area contributed by atoms with Gasteiger partial charge in [0.2, 0.25) is 0 Å². The fourth-order valence-corrected chi connectivity index (χ4v) is 3.66. The van der Waals surface area contributed by atoms with E-state index in [4.69, 9.17) is 23.2 Å². The molecule has 0 saturated carbocycles. The van der Waals surface area contributed by atoms with Gasteiger partial charge in [0, 0.05) is 12.1 Å². The fraction of sp³-hybridized carbons (Fsp3) is 0.231. The zero-order valence-corrected chi connectivity index (χ0v) is 14.0. The van der Waals surface area contributed by atoms with E-state index in [1.807, 2.05) is 0 Å². The van der Waals surface area contributed by atoms with Crippen molar-refractivity contribution in [2.75, 3.05) is 0 Å². The maximum absolute atomic E-state index is 12.3. The number of non-ortho nitro benzene ring substituents is 1. The second-order valence-electron chi connectivity index (χ2n) is 4.74. The molecule has 0 saturated heterocycles. The molecule has 10 heteroatoms. The van der Waals surface area contributed by atoms with Gasteiger partial charge in [-0.25, -0.2) is 0 Å². The summed E-state index contributed by atoms with van der Waals surface area (Å²) in [7, 11) is -4.23. The highest BCUT2D eigenvalue weighted by molar-refractivity contribution is 7.90. The Morgan fingerprint density at radius 2 is 1.91 bits per heavy atom. The van der Waals surface area contributed by atoms with Crippen LogP contribution in [0.15, 0.2) is 45.2 Å². The number of nitro benzene ring substituents is 1. The van der Waals surface area contributed by atoms with Crippen molar-refractivity contribution in [1.29, 1.82) is 0 Å². The van der Waals surface area contributed by atoms with E-state index in [1.54, 1.807) is 0 Å². The van der Waals surface area contributed by atoms with Crippen LogP contribution in [0.3, 0.4) is 0 Å². The van der Waals surface area contributed by atoms with Crippen LogP contribution in [0, 0.1) is 10.1 Å². The Morgan fingerprint density at radius 1 is 1.26 bits per heavy atom. The molecule has 2 atom stereocenters. The average Bonchev–Trinajstić information content (AvgIpc) is 2.49. The molecule has 1 aliphatic rings. The van der Waals surface area contributed by atoms with Crippen molar-refractivity contribution in [3.05, 3.63) is 46.0 Å². The third kappa shape index (κ3) is 3.60. The molecule has 0 fully saturated rings. The standard InChI is InChI=1S/C13H10Cl2N2O5S/c1-7-5-10(18)11(14)12(15)13(7)16-23(21,22)9-4-2-3-8(6-9)17(19)20/h2-6,11-12H,1H3/t11-,12-/m1/s1. The first-order valence-corrected chi connectivity index (χ1v) is 8.55. The van der Waals surface area contributed by atoms with Crippen molar-refractivity contribution < 1.29 is 18.1 Å². The van der Waals surface area contributed by atoms with Crippen LogP contribution < -0.4 is 0 Å². The molecule has 1 aliphatic carbocycles. The minimum atomic E-state index is -4.23. The second kappa shape index (κ2) is 6.38. The summed E-state index contributed by atoms with van der Waals surface area (Å²) >= 11 is 11.8. The lowest BCUT2D eigenvalue weighted by Gasteiger charge is -2.21. The predicted molar refractivity (Wildman–Crippen MR) is 85.8 cm³/mol. The lowest BCUT2D eigenvalue weighted by Crippen LogP contribution is -2.36. The molecule has 0 spiro atoms. The van der Waals surface area contributed by atoms with Gasteiger partial charge in [-0.2, -0.15) is 12.8 Å². The average molecular weight is 377 g/mol. The summed E-state index contributed by atoms with van der Waals surface area (Å²) < 4.78 is 28.3. The van der Waals surface area contributed by atoms with Crippen molar-refractivity contribution in [2.24, 2.45) is 4.40 Å². The van der Waals surface area contributed by atoms with Crippen molar-refractivity contribution >= 4 is 50.4 Å². The summed E-state index contributed by atoms with van der Waals surface area (Å²) in [6, 6.07) is 4.48. The zero-order chi connectivity index (χ0) is 17.4. The number of allylic oxidation sites excluding steroid dienone is 2. The first-order valence-electron chi connectivity index (χ1n) is 6.23. The van der Waals surface area contributed by atoms with E-state index in [2.05, 4.69) is 4.40 Å². The number of alkyl halides is 2. The van der Waals surface area contributed by atoms with Crippen LogP contribution in [0.25, 0.3) is 0 Å². The number of halogens is 2. The minimum absolute atomic E-state index is 0.0576. The van der Waals surface area contributed by atoms with Gasteiger partial charge in [-0.1, -0.05) is 6.07 Å². The number of ketones is 1. The van der Waals surface area contributed by atoms with Crippen LogP contribution >= 0.6 is 23.2 Å². The molecule has 0 aliphatic heterocycles. The quantitative estimate of drug-likeness (QED) is 0.457. The van der Waals surface area contributed by atoms with Crippen LogP contribution in [0.5, 0.6) is 0 Å². The molecule has 122 valence electrons. The Kier molecular flexibility index (Phi) is 4.88. The molecule has 0 bridgehead atoms. The molecule has 23 heavy (non-hydrogen) atoms. The van der Waals surface area contributed by atoms with Crippen LogP contribution in [-0.2, 0) is 14.8 Å². The summed E-state index contributed by atoms with van der Waals surface area (Å²) in [6.07, 6.45) is 1.17. The Morgan fingerprint density at radius 3 is 2.52 bits per heavy atom. The SMILES string of the molecule is CC1=CC(=O)[C@@H](Cl)[C@@H](Cl)C1=NS(=O)(=O)c1cccc([N+](=O)[O-])c1. The summed E-state index contributed by atoms with van der Waals surface area (Å²) in [5.41, 5.74) is -0.159. The van der Waals surface area contributed by atoms with Gasteiger partial charge in [-0.15, -0.1) is 23.2 Å². The van der Waals surface area contributed by atoms with Crippen LogP contribution in [0.4, 0.5) is 5.69 Å². The van der Waals surface area contributed by atoms with Crippen LogP contribution in [0.2, 0.25) is 0 Å². The van der Waals surface area contributed by atoms with Crippen molar-refractivity contribution in [3.8, 4) is 0 Å². The smallest absolute Gasteiger partial charge is 0.282 e. The fourth-order valence-electron chi connectivity index (χ4n) is 1.93. The lowest BCUT2D eigenvalue weighted by molar-refractivity contribution is -0.385. The van der Waals surface area contributed by atoms with E-state index in [9.17, 15) is 23.3 Å². The highest BCUT2D eigenvalue weighted by Crippen LogP contribution is 2.26. The Balaban J connectivity index is 2.52. The molecule has 0 heterocycles. The van der Waals surface area contributed by atoms with Gasteiger partial charge in [0.15, 0.2) is 5.78 Å². The topological polar surface area (TPSA) is 107 Å². The second-order valence-corrected chi connectivity index (χ2v) is 7.28. The van der Waals surface area contributed by atoms with Gasteiger partial charge in [0.05, 0.1) is 15.5 Å². The van der Waals surface area contributed by atoms with Crippen molar-refractivity contribution in [3.63, 3.8) is 0 Å². The van der Waals surface area contributed by atoms with E-state index < -0.39 is 31.5 Å². The maximum atomic E-state index is 12.3. The molecular weight excluding hydrogens is 367 g/mol. The summed E-state index contributed by atoms with van der Waals surface area (Å²) in [4.78, 5) is 21.2. The van der Waals surface area contributed by atoms with Gasteiger partial charge in [-0.05, 0) is 24.6 Å². The summed E-state index contributed by atoms with van der Waals surface area (Å²) in [5, 5.41) is 8.51. The molecule has 2 rings (SSSR count). The molecule has 0 unspecified atom stereocenters. The third-order valence-electron chi connectivity index (χ3n) is 3.10. The van der Waals surface area contributed by atoms with Gasteiger partial charge < -0.3 is 0 Å². The van der Waals surface area contributed by atoms with Crippen molar-refractivity contribution in [1.82, 2.24) is 0 Å². The molecule has 0 N–H and O–H groups in total. The third-order valence-corrected chi connectivity index (χ3v) is 5.44. The Hall–Kier alpha value is -1.77. The van der Waals surface area contributed by atoms with Gasteiger partial charge in [0.1, 0.15) is 10.8 Å². The number of sulfonamides is 1. The van der Waals surface area contributed by atoms with E-state index in [0.717, 1.165) is 12.1 Å².